The normalized spacial score (nSPS) is 21.7. The lowest BCUT2D eigenvalue weighted by molar-refractivity contribution is -0.121. The Morgan fingerprint density at radius 2 is 2.20 bits per heavy atom. The minimum absolute atomic E-state index is 0. The van der Waals surface area contributed by atoms with Gasteiger partial charge in [0.2, 0.25) is 5.91 Å². The number of rotatable bonds is 4. The largest absolute Gasteiger partial charge is 0.496 e. The van der Waals surface area contributed by atoms with Crippen LogP contribution >= 0.6 is 12.4 Å². The summed E-state index contributed by atoms with van der Waals surface area (Å²) >= 11 is 0. The Kier molecular flexibility index (Phi) is 6.82. The Labute approximate surface area is 126 Å². The number of methoxy groups -OCH3 is 1. The Morgan fingerprint density at radius 3 is 2.90 bits per heavy atom. The average Bonchev–Trinajstić information content (AvgIpc) is 2.39. The van der Waals surface area contributed by atoms with Gasteiger partial charge in [0.15, 0.2) is 0 Å². The highest BCUT2D eigenvalue weighted by Crippen LogP contribution is 2.18. The average molecular weight is 299 g/mol. The molecule has 2 rings (SSSR count). The zero-order valence-corrected chi connectivity index (χ0v) is 12.8. The zero-order valence-electron chi connectivity index (χ0n) is 12.0. The van der Waals surface area contributed by atoms with Crippen molar-refractivity contribution in [3.05, 3.63) is 29.8 Å². The Balaban J connectivity index is 0.00000200. The highest BCUT2D eigenvalue weighted by Gasteiger charge is 2.20. The van der Waals surface area contributed by atoms with Crippen LogP contribution < -0.4 is 15.4 Å². The lowest BCUT2D eigenvalue weighted by atomic mass is 10.00. The van der Waals surface area contributed by atoms with E-state index in [9.17, 15) is 4.79 Å². The van der Waals surface area contributed by atoms with Crippen molar-refractivity contribution in [3.8, 4) is 5.75 Å². The first-order valence-electron chi connectivity index (χ1n) is 6.83. The number of hydrogen-bond acceptors (Lipinski definition) is 3. The van der Waals surface area contributed by atoms with Crippen LogP contribution in [0.4, 0.5) is 0 Å². The lowest BCUT2D eigenvalue weighted by Crippen LogP contribution is -2.46. The molecule has 2 N–H and O–H groups in total. The van der Waals surface area contributed by atoms with Crippen molar-refractivity contribution in [2.75, 3.05) is 13.7 Å². The summed E-state index contributed by atoms with van der Waals surface area (Å²) in [6.07, 6.45) is 2.38. The van der Waals surface area contributed by atoms with Crippen LogP contribution in [0.15, 0.2) is 24.3 Å². The smallest absolute Gasteiger partial charge is 0.224 e. The van der Waals surface area contributed by atoms with Gasteiger partial charge in [-0.3, -0.25) is 4.79 Å². The molecule has 1 heterocycles. The van der Waals surface area contributed by atoms with E-state index in [0.29, 0.717) is 18.5 Å². The van der Waals surface area contributed by atoms with Crippen LogP contribution in [0, 0.1) is 0 Å². The summed E-state index contributed by atoms with van der Waals surface area (Å²) in [5, 5.41) is 6.50. The quantitative estimate of drug-likeness (QED) is 0.893. The standard InChI is InChI=1S/C15H22N2O2.ClH/c1-11-9-13(7-8-16-11)17-15(18)10-12-5-3-4-6-14(12)19-2;/h3-6,11,13,16H,7-10H2,1-2H3,(H,17,18);1H. The molecule has 1 amide bonds. The van der Waals surface area contributed by atoms with Crippen molar-refractivity contribution in [1.29, 1.82) is 0 Å². The van der Waals surface area contributed by atoms with Crippen molar-refractivity contribution in [3.63, 3.8) is 0 Å². The van der Waals surface area contributed by atoms with E-state index in [1.165, 1.54) is 0 Å². The molecule has 1 aliphatic heterocycles. The van der Waals surface area contributed by atoms with Gasteiger partial charge in [0.25, 0.3) is 0 Å². The molecule has 0 spiro atoms. The molecule has 112 valence electrons. The van der Waals surface area contributed by atoms with Gasteiger partial charge in [0, 0.05) is 17.6 Å². The predicted octanol–water partition coefficient (Wildman–Crippen LogP) is 1.92. The summed E-state index contributed by atoms with van der Waals surface area (Å²) < 4.78 is 5.26. The van der Waals surface area contributed by atoms with E-state index in [-0.39, 0.29) is 18.3 Å². The van der Waals surface area contributed by atoms with Crippen LogP contribution in [-0.2, 0) is 11.2 Å². The molecule has 1 saturated heterocycles. The van der Waals surface area contributed by atoms with E-state index in [1.807, 2.05) is 24.3 Å². The minimum Gasteiger partial charge on any atom is -0.496 e. The summed E-state index contributed by atoms with van der Waals surface area (Å²) in [6, 6.07) is 8.43. The second-order valence-electron chi connectivity index (χ2n) is 5.13. The van der Waals surface area contributed by atoms with Crippen molar-refractivity contribution in [1.82, 2.24) is 10.6 Å². The van der Waals surface area contributed by atoms with Crippen molar-refractivity contribution >= 4 is 18.3 Å². The van der Waals surface area contributed by atoms with Crippen LogP contribution in [0.3, 0.4) is 0 Å². The highest BCUT2D eigenvalue weighted by atomic mass is 35.5. The second-order valence-corrected chi connectivity index (χ2v) is 5.13. The first-order valence-corrected chi connectivity index (χ1v) is 6.83. The molecular weight excluding hydrogens is 276 g/mol. The molecule has 0 radical (unpaired) electrons. The molecular formula is C15H23ClN2O2. The molecule has 1 aromatic carbocycles. The number of carbonyl (C=O) groups is 1. The molecule has 0 aromatic heterocycles. The Hall–Kier alpha value is -1.26. The monoisotopic (exact) mass is 298 g/mol. The van der Waals surface area contributed by atoms with Crippen LogP contribution in [-0.4, -0.2) is 31.6 Å². The Bertz CT molecular complexity index is 440. The third-order valence-electron chi connectivity index (χ3n) is 3.53. The molecule has 5 heteroatoms. The summed E-state index contributed by atoms with van der Waals surface area (Å²) in [5.74, 6) is 0.847. The fraction of sp³-hybridized carbons (Fsp3) is 0.533. The summed E-state index contributed by atoms with van der Waals surface area (Å²) in [4.78, 5) is 12.1. The first kappa shape index (κ1) is 16.8. The summed E-state index contributed by atoms with van der Waals surface area (Å²) in [6.45, 7) is 3.12. The highest BCUT2D eigenvalue weighted by molar-refractivity contribution is 5.85. The SMILES string of the molecule is COc1ccccc1CC(=O)NC1CCNC(C)C1.Cl. The molecule has 0 saturated carbocycles. The van der Waals surface area contributed by atoms with Gasteiger partial charge in [0.1, 0.15) is 5.75 Å². The molecule has 4 nitrogen and oxygen atoms in total. The number of para-hydroxylation sites is 1. The number of piperidine rings is 1. The van der Waals surface area contributed by atoms with E-state index >= 15 is 0 Å². The molecule has 20 heavy (non-hydrogen) atoms. The van der Waals surface area contributed by atoms with E-state index in [4.69, 9.17) is 4.74 Å². The minimum atomic E-state index is 0. The third kappa shape index (κ3) is 4.69. The van der Waals surface area contributed by atoms with Gasteiger partial charge in [0.05, 0.1) is 13.5 Å². The Morgan fingerprint density at radius 1 is 1.45 bits per heavy atom. The molecule has 1 aromatic rings. The fourth-order valence-corrected chi connectivity index (χ4v) is 2.56. The van der Waals surface area contributed by atoms with Crippen LogP contribution in [0.2, 0.25) is 0 Å². The van der Waals surface area contributed by atoms with Gasteiger partial charge in [-0.1, -0.05) is 18.2 Å². The lowest BCUT2D eigenvalue weighted by Gasteiger charge is -2.28. The maximum atomic E-state index is 12.1. The summed E-state index contributed by atoms with van der Waals surface area (Å²) in [7, 11) is 1.63. The van der Waals surface area contributed by atoms with Crippen LogP contribution in [0.25, 0.3) is 0 Å². The predicted molar refractivity (Wildman–Crippen MR) is 82.6 cm³/mol. The number of nitrogens with one attached hydrogen (secondary N) is 2. The zero-order chi connectivity index (χ0) is 13.7. The van der Waals surface area contributed by atoms with Gasteiger partial charge in [-0.2, -0.15) is 0 Å². The van der Waals surface area contributed by atoms with Gasteiger partial charge in [-0.15, -0.1) is 12.4 Å². The first-order chi connectivity index (χ1) is 9.19. The number of ether oxygens (including phenoxy) is 1. The number of carbonyl (C=O) groups excluding carboxylic acids is 1. The van der Waals surface area contributed by atoms with Gasteiger partial charge < -0.3 is 15.4 Å². The molecule has 1 fully saturated rings. The van der Waals surface area contributed by atoms with Gasteiger partial charge >= 0.3 is 0 Å². The topological polar surface area (TPSA) is 50.4 Å². The maximum Gasteiger partial charge on any atom is 0.224 e. The molecule has 2 unspecified atom stereocenters. The van der Waals surface area contributed by atoms with Gasteiger partial charge in [-0.05, 0) is 32.4 Å². The van der Waals surface area contributed by atoms with Crippen molar-refractivity contribution in [2.24, 2.45) is 0 Å². The number of benzene rings is 1. The second kappa shape index (κ2) is 8.12. The third-order valence-corrected chi connectivity index (χ3v) is 3.53. The van der Waals surface area contributed by atoms with Crippen molar-refractivity contribution in [2.45, 2.75) is 38.3 Å². The molecule has 1 aliphatic rings. The van der Waals surface area contributed by atoms with Crippen LogP contribution in [0.5, 0.6) is 5.75 Å². The molecule has 2 atom stereocenters. The van der Waals surface area contributed by atoms with E-state index < -0.39 is 0 Å². The molecule has 0 bridgehead atoms. The van der Waals surface area contributed by atoms with E-state index in [2.05, 4.69) is 17.6 Å². The number of halogens is 1. The number of amides is 1. The summed E-state index contributed by atoms with van der Waals surface area (Å²) in [5.41, 5.74) is 0.935. The molecule has 0 aliphatic carbocycles. The van der Waals surface area contributed by atoms with Crippen molar-refractivity contribution < 1.29 is 9.53 Å². The van der Waals surface area contributed by atoms with Crippen LogP contribution in [0.1, 0.15) is 25.3 Å². The van der Waals surface area contributed by atoms with Gasteiger partial charge in [-0.25, -0.2) is 0 Å². The maximum absolute atomic E-state index is 12.1. The fourth-order valence-electron chi connectivity index (χ4n) is 2.56. The number of hydrogen-bond donors (Lipinski definition) is 2. The van der Waals surface area contributed by atoms with E-state index in [1.54, 1.807) is 7.11 Å². The van der Waals surface area contributed by atoms with E-state index in [0.717, 1.165) is 30.7 Å².